The molecule has 0 aliphatic carbocycles. The van der Waals surface area contributed by atoms with Crippen LogP contribution in [0.3, 0.4) is 0 Å². The van der Waals surface area contributed by atoms with E-state index in [-0.39, 0.29) is 0 Å². The normalized spacial score (nSPS) is 11.7. The molecule has 0 aliphatic rings. The van der Waals surface area contributed by atoms with Gasteiger partial charge in [-0.05, 0) is 0 Å². The molecule has 2 aromatic carbocycles. The second-order valence-electron chi connectivity index (χ2n) is 8.60. The number of aromatic nitrogens is 2. The van der Waals surface area contributed by atoms with Crippen LogP contribution >= 0.6 is 0 Å². The summed E-state index contributed by atoms with van der Waals surface area (Å²) >= 11 is -2.55. The minimum atomic E-state index is -2.55. The fourth-order valence-electron chi connectivity index (χ4n) is 4.78. The molecule has 0 saturated carbocycles. The fourth-order valence-corrected chi connectivity index (χ4v) is 21.6. The first kappa shape index (κ1) is 23.1. The summed E-state index contributed by atoms with van der Waals surface area (Å²) in [5.74, 6) is 0. The third-order valence-electron chi connectivity index (χ3n) is 6.44. The second-order valence-corrected chi connectivity index (χ2v) is 21.7. The zero-order valence-corrected chi connectivity index (χ0v) is 22.0. The molecule has 1 aromatic heterocycles. The average molecular weight is 509 g/mol. The van der Waals surface area contributed by atoms with Gasteiger partial charge in [0.05, 0.1) is 0 Å². The Hall–Kier alpha value is -1.55. The van der Waals surface area contributed by atoms with Crippen molar-refractivity contribution in [1.82, 2.24) is 9.78 Å². The number of benzene rings is 2. The molecule has 0 saturated heterocycles. The summed E-state index contributed by atoms with van der Waals surface area (Å²) in [6, 6.07) is 22.1. The first-order chi connectivity index (χ1) is 14.8. The van der Waals surface area contributed by atoms with Gasteiger partial charge in [0.15, 0.2) is 0 Å². The summed E-state index contributed by atoms with van der Waals surface area (Å²) in [6.45, 7) is 7.06. The quantitative estimate of drug-likeness (QED) is 0.230. The van der Waals surface area contributed by atoms with Crippen LogP contribution < -0.4 is 3.58 Å². The molecule has 30 heavy (non-hydrogen) atoms. The van der Waals surface area contributed by atoms with Crippen LogP contribution in [0.4, 0.5) is 0 Å². The van der Waals surface area contributed by atoms with Gasteiger partial charge in [-0.2, -0.15) is 0 Å². The van der Waals surface area contributed by atoms with Gasteiger partial charge in [-0.1, -0.05) is 0 Å². The predicted octanol–water partition coefficient (Wildman–Crippen LogP) is 7.60. The van der Waals surface area contributed by atoms with Gasteiger partial charge in [0, 0.05) is 0 Å². The number of para-hydroxylation sites is 1. The summed E-state index contributed by atoms with van der Waals surface area (Å²) in [6.07, 6.45) is 10.0. The van der Waals surface area contributed by atoms with Crippen LogP contribution in [0.25, 0.3) is 16.9 Å². The van der Waals surface area contributed by atoms with E-state index < -0.39 is 18.4 Å². The van der Waals surface area contributed by atoms with Gasteiger partial charge in [-0.15, -0.1) is 0 Å². The monoisotopic (exact) mass is 510 g/mol. The first-order valence-electron chi connectivity index (χ1n) is 11.9. The number of rotatable bonds is 12. The van der Waals surface area contributed by atoms with Crippen LogP contribution in [0.5, 0.6) is 0 Å². The van der Waals surface area contributed by atoms with Crippen molar-refractivity contribution < 1.29 is 0 Å². The van der Waals surface area contributed by atoms with Crippen molar-refractivity contribution in [1.29, 1.82) is 0 Å². The van der Waals surface area contributed by atoms with Crippen molar-refractivity contribution in [2.45, 2.75) is 72.6 Å². The number of hydrogen-bond donors (Lipinski definition) is 0. The zero-order valence-electron chi connectivity index (χ0n) is 19.1. The number of hydrogen-bond acceptors (Lipinski definition) is 1. The Balaban J connectivity index is 2.13. The van der Waals surface area contributed by atoms with Crippen molar-refractivity contribution >= 4 is 22.0 Å². The summed E-state index contributed by atoms with van der Waals surface area (Å²) in [5.41, 5.74) is 3.84. The zero-order chi connectivity index (χ0) is 21.2. The van der Waals surface area contributed by atoms with E-state index in [1.54, 1.807) is 3.58 Å². The predicted molar refractivity (Wildman–Crippen MR) is 134 cm³/mol. The summed E-state index contributed by atoms with van der Waals surface area (Å²) in [5, 5.41) is 4.71. The van der Waals surface area contributed by atoms with Crippen molar-refractivity contribution in [2.75, 3.05) is 0 Å². The maximum absolute atomic E-state index is 4.71. The van der Waals surface area contributed by atoms with E-state index in [9.17, 15) is 0 Å². The van der Waals surface area contributed by atoms with Crippen LogP contribution in [-0.2, 0) is 0 Å². The summed E-state index contributed by atoms with van der Waals surface area (Å²) in [4.78, 5) is 0. The minimum absolute atomic E-state index is 1.14. The van der Waals surface area contributed by atoms with E-state index >= 15 is 0 Å². The molecule has 3 aromatic rings. The van der Waals surface area contributed by atoms with E-state index in [4.69, 9.17) is 5.10 Å². The molecular weight excluding hydrogens is 471 g/mol. The second kappa shape index (κ2) is 11.7. The van der Waals surface area contributed by atoms with E-state index in [1.807, 2.05) is 6.20 Å². The Morgan fingerprint density at radius 1 is 0.700 bits per heavy atom. The standard InChI is InChI=1S/C15H11N2.3C4H9.Sn/c1-3-7-13(8-4-1)15-11-12-16-17(15)14-9-5-2-6-10-14;3*1-3-4-2;/h1-7,9-12H;3*1,3-4H2,2H3;. The molecule has 160 valence electrons. The van der Waals surface area contributed by atoms with Crippen LogP contribution in [0, 0.1) is 0 Å². The molecule has 0 N–H and O–H groups in total. The molecule has 3 rings (SSSR count). The Morgan fingerprint density at radius 3 is 1.87 bits per heavy atom. The number of unbranched alkanes of at least 4 members (excludes halogenated alkanes) is 3. The van der Waals surface area contributed by atoms with E-state index in [2.05, 4.69) is 86.1 Å². The molecule has 1 heterocycles. The van der Waals surface area contributed by atoms with Gasteiger partial charge in [0.25, 0.3) is 0 Å². The fraction of sp³-hybridized carbons (Fsp3) is 0.444. The third kappa shape index (κ3) is 5.38. The van der Waals surface area contributed by atoms with Crippen LogP contribution in [0.15, 0.2) is 66.9 Å². The van der Waals surface area contributed by atoms with Gasteiger partial charge in [0.1, 0.15) is 0 Å². The van der Waals surface area contributed by atoms with Gasteiger partial charge in [0.2, 0.25) is 0 Å². The van der Waals surface area contributed by atoms with Crippen molar-refractivity contribution in [3.8, 4) is 16.9 Å². The van der Waals surface area contributed by atoms with Gasteiger partial charge in [-0.25, -0.2) is 0 Å². The molecule has 0 amide bonds. The van der Waals surface area contributed by atoms with Crippen LogP contribution in [-0.4, -0.2) is 28.2 Å². The summed E-state index contributed by atoms with van der Waals surface area (Å²) in [7, 11) is 0. The van der Waals surface area contributed by atoms with Gasteiger partial charge < -0.3 is 0 Å². The van der Waals surface area contributed by atoms with E-state index in [0.717, 1.165) is 5.69 Å². The topological polar surface area (TPSA) is 17.8 Å². The molecule has 0 unspecified atom stereocenters. The summed E-state index contributed by atoms with van der Waals surface area (Å²) < 4.78 is 8.33. The maximum atomic E-state index is 4.71. The molecule has 0 radical (unpaired) electrons. The van der Waals surface area contributed by atoms with Crippen molar-refractivity contribution in [3.05, 3.63) is 66.9 Å². The molecule has 0 atom stereocenters. The van der Waals surface area contributed by atoms with Crippen molar-refractivity contribution in [2.24, 2.45) is 0 Å². The Labute approximate surface area is 187 Å². The van der Waals surface area contributed by atoms with Crippen molar-refractivity contribution in [3.63, 3.8) is 0 Å². The first-order valence-corrected chi connectivity index (χ1v) is 19.4. The van der Waals surface area contributed by atoms with Gasteiger partial charge >= 0.3 is 188 Å². The SMILES string of the molecule is CCC[CH2][Sn]([CH2]CCC)([CH2]CCC)[c]1ccccc1-c1ccnn1-c1ccccc1. The Morgan fingerprint density at radius 2 is 1.27 bits per heavy atom. The molecule has 0 fully saturated rings. The Bertz CT molecular complexity index is 863. The molecule has 0 bridgehead atoms. The van der Waals surface area contributed by atoms with Gasteiger partial charge in [-0.3, -0.25) is 0 Å². The molecule has 2 nitrogen and oxygen atoms in total. The molecule has 0 aliphatic heterocycles. The third-order valence-corrected chi connectivity index (χ3v) is 22.2. The van der Waals surface area contributed by atoms with E-state index in [1.165, 1.54) is 63.1 Å². The molecular formula is C27H38N2Sn. The van der Waals surface area contributed by atoms with Crippen LogP contribution in [0.1, 0.15) is 59.3 Å². The Kier molecular flexibility index (Phi) is 9.04. The molecule has 3 heteroatoms. The average Bonchev–Trinajstić information content (AvgIpc) is 3.29. The molecule has 0 spiro atoms. The van der Waals surface area contributed by atoms with Crippen LogP contribution in [0.2, 0.25) is 13.3 Å². The number of nitrogens with zero attached hydrogens (tertiary/aromatic N) is 2. The van der Waals surface area contributed by atoms with E-state index in [0.29, 0.717) is 0 Å².